The highest BCUT2D eigenvalue weighted by Gasteiger charge is 2.08. The molecule has 0 saturated carbocycles. The number of nitrogens with one attached hydrogen (secondary N) is 1. The predicted octanol–water partition coefficient (Wildman–Crippen LogP) is 5.74. The van der Waals surface area contributed by atoms with E-state index in [-0.39, 0.29) is 11.6 Å². The Bertz CT molecular complexity index is 1250. The van der Waals surface area contributed by atoms with Gasteiger partial charge in [-0.25, -0.2) is 5.43 Å². The first-order chi connectivity index (χ1) is 16.2. The lowest BCUT2D eigenvalue weighted by Gasteiger charge is -2.07. The van der Waals surface area contributed by atoms with Crippen molar-refractivity contribution in [3.8, 4) is 22.6 Å². The summed E-state index contributed by atoms with van der Waals surface area (Å²) in [4.78, 5) is 12.5. The lowest BCUT2D eigenvalue weighted by atomic mass is 10.0. The van der Waals surface area contributed by atoms with Gasteiger partial charge in [-0.3, -0.25) is 4.79 Å². The third kappa shape index (κ3) is 5.71. The summed E-state index contributed by atoms with van der Waals surface area (Å²) in [6.45, 7) is 0. The number of nitrogens with zero attached hydrogens (tertiary/aromatic N) is 2. The molecule has 4 rings (SSSR count). The average molecular weight is 435 g/mol. The van der Waals surface area contributed by atoms with E-state index in [9.17, 15) is 4.79 Å². The van der Waals surface area contributed by atoms with Crippen LogP contribution in [-0.2, 0) is 0 Å². The fourth-order valence-corrected chi connectivity index (χ4v) is 3.16. The van der Waals surface area contributed by atoms with Crippen molar-refractivity contribution in [2.75, 3.05) is 0 Å². The molecule has 0 saturated heterocycles. The standard InChI is InChI=1S/C27H21N3O3/c31-27(23-13-11-21(12-14-23)20-7-3-1-4-8-20)30-29-26(19-28-32)22-15-17-25(18-16-22)33-24-9-5-2-6-10-24/h1-19,32H,(H,30,31)/b28-19+,29-26+. The largest absolute Gasteiger partial charge is 0.457 e. The number of carbonyl (C=O) groups excluding carboxylic acids is 1. The number of benzene rings is 4. The number of carbonyl (C=O) groups is 1. The van der Waals surface area contributed by atoms with Gasteiger partial charge in [-0.05, 0) is 59.7 Å². The second-order valence-electron chi connectivity index (χ2n) is 7.07. The van der Waals surface area contributed by atoms with E-state index in [1.807, 2.05) is 72.8 Å². The van der Waals surface area contributed by atoms with E-state index in [1.165, 1.54) is 0 Å². The van der Waals surface area contributed by atoms with Crippen LogP contribution in [0.5, 0.6) is 11.5 Å². The summed E-state index contributed by atoms with van der Waals surface area (Å²) in [6.07, 6.45) is 1.16. The molecule has 0 aliphatic rings. The van der Waals surface area contributed by atoms with Gasteiger partial charge >= 0.3 is 0 Å². The van der Waals surface area contributed by atoms with Gasteiger partial charge in [-0.1, -0.05) is 65.8 Å². The van der Waals surface area contributed by atoms with E-state index >= 15 is 0 Å². The Morgan fingerprint density at radius 1 is 0.697 bits per heavy atom. The normalized spacial score (nSPS) is 11.3. The zero-order chi connectivity index (χ0) is 22.9. The third-order valence-electron chi connectivity index (χ3n) is 4.84. The molecule has 0 radical (unpaired) electrons. The molecule has 6 heteroatoms. The molecule has 6 nitrogen and oxygen atoms in total. The molecule has 0 unspecified atom stereocenters. The summed E-state index contributed by atoms with van der Waals surface area (Å²) in [5.41, 5.74) is 6.00. The van der Waals surface area contributed by atoms with Crippen LogP contribution in [0.3, 0.4) is 0 Å². The highest BCUT2D eigenvalue weighted by Crippen LogP contribution is 2.21. The summed E-state index contributed by atoms with van der Waals surface area (Å²) in [5.74, 6) is 0.997. The Balaban J connectivity index is 1.45. The first-order valence-corrected chi connectivity index (χ1v) is 10.3. The van der Waals surface area contributed by atoms with Gasteiger partial charge in [-0.15, -0.1) is 0 Å². The Morgan fingerprint density at radius 2 is 1.24 bits per heavy atom. The van der Waals surface area contributed by atoms with Crippen molar-refractivity contribution in [3.63, 3.8) is 0 Å². The van der Waals surface area contributed by atoms with Crippen LogP contribution in [-0.4, -0.2) is 23.0 Å². The molecule has 2 N–H and O–H groups in total. The third-order valence-corrected chi connectivity index (χ3v) is 4.84. The topological polar surface area (TPSA) is 83.3 Å². The zero-order valence-corrected chi connectivity index (χ0v) is 17.6. The van der Waals surface area contributed by atoms with Gasteiger partial charge < -0.3 is 9.94 Å². The van der Waals surface area contributed by atoms with Crippen molar-refractivity contribution >= 4 is 17.8 Å². The lowest BCUT2D eigenvalue weighted by Crippen LogP contribution is -2.20. The van der Waals surface area contributed by atoms with E-state index < -0.39 is 0 Å². The van der Waals surface area contributed by atoms with Gasteiger partial charge in [0.15, 0.2) is 0 Å². The van der Waals surface area contributed by atoms with Gasteiger partial charge in [0, 0.05) is 11.1 Å². The quantitative estimate of drug-likeness (QED) is 0.221. The highest BCUT2D eigenvalue weighted by molar-refractivity contribution is 6.38. The van der Waals surface area contributed by atoms with Crippen LogP contribution in [0.2, 0.25) is 0 Å². The van der Waals surface area contributed by atoms with Crippen LogP contribution >= 0.6 is 0 Å². The second kappa shape index (κ2) is 10.5. The van der Waals surface area contributed by atoms with Crippen LogP contribution in [0.4, 0.5) is 0 Å². The minimum atomic E-state index is -0.373. The summed E-state index contributed by atoms with van der Waals surface area (Å²) < 4.78 is 5.78. The Kier molecular flexibility index (Phi) is 6.88. The summed E-state index contributed by atoms with van der Waals surface area (Å²) in [7, 11) is 0. The first kappa shape index (κ1) is 21.5. The van der Waals surface area contributed by atoms with Crippen LogP contribution in [0.1, 0.15) is 15.9 Å². The van der Waals surface area contributed by atoms with Gasteiger partial charge in [-0.2, -0.15) is 5.10 Å². The molecule has 1 amide bonds. The van der Waals surface area contributed by atoms with Crippen molar-refractivity contribution in [2.45, 2.75) is 0 Å². The van der Waals surface area contributed by atoms with Crippen LogP contribution in [0, 0.1) is 0 Å². The van der Waals surface area contributed by atoms with Crippen LogP contribution in [0.15, 0.2) is 119 Å². The van der Waals surface area contributed by atoms with E-state index in [1.54, 1.807) is 36.4 Å². The molecule has 0 aromatic heterocycles. The Hall–Kier alpha value is -4.71. The van der Waals surface area contributed by atoms with Crippen molar-refractivity contribution in [3.05, 3.63) is 120 Å². The number of ether oxygens (including phenoxy) is 1. The lowest BCUT2D eigenvalue weighted by molar-refractivity contribution is 0.0955. The molecule has 0 spiro atoms. The number of rotatable bonds is 7. The number of para-hydroxylation sites is 1. The van der Waals surface area contributed by atoms with Crippen molar-refractivity contribution in [1.82, 2.24) is 5.43 Å². The molecular formula is C27H21N3O3. The van der Waals surface area contributed by atoms with Crippen molar-refractivity contribution in [1.29, 1.82) is 0 Å². The number of hydrogen-bond acceptors (Lipinski definition) is 5. The smallest absolute Gasteiger partial charge is 0.271 e. The molecule has 0 fully saturated rings. The average Bonchev–Trinajstić information content (AvgIpc) is 2.88. The Morgan fingerprint density at radius 3 is 1.88 bits per heavy atom. The monoisotopic (exact) mass is 435 g/mol. The minimum Gasteiger partial charge on any atom is -0.457 e. The molecule has 0 heterocycles. The van der Waals surface area contributed by atoms with Gasteiger partial charge in [0.25, 0.3) is 5.91 Å². The van der Waals surface area contributed by atoms with Crippen molar-refractivity contribution in [2.24, 2.45) is 10.3 Å². The molecule has 0 aliphatic heterocycles. The maximum absolute atomic E-state index is 12.5. The minimum absolute atomic E-state index is 0.290. The first-order valence-electron chi connectivity index (χ1n) is 10.3. The maximum atomic E-state index is 12.5. The van der Waals surface area contributed by atoms with E-state index in [4.69, 9.17) is 9.94 Å². The summed E-state index contributed by atoms with van der Waals surface area (Å²) >= 11 is 0. The molecular weight excluding hydrogens is 414 g/mol. The summed E-state index contributed by atoms with van der Waals surface area (Å²) in [6, 6.07) is 33.7. The molecule has 0 aliphatic carbocycles. The highest BCUT2D eigenvalue weighted by atomic mass is 16.5. The molecule has 4 aromatic rings. The number of hydrazone groups is 1. The van der Waals surface area contributed by atoms with Gasteiger partial charge in [0.1, 0.15) is 17.2 Å². The SMILES string of the molecule is O=C(N/N=C(\C=N\O)c1ccc(Oc2ccccc2)cc1)c1ccc(-c2ccccc2)cc1. The molecule has 162 valence electrons. The predicted molar refractivity (Wildman–Crippen MR) is 129 cm³/mol. The molecule has 0 bridgehead atoms. The zero-order valence-electron chi connectivity index (χ0n) is 17.6. The second-order valence-corrected chi connectivity index (χ2v) is 7.07. The summed E-state index contributed by atoms with van der Waals surface area (Å²) in [5, 5.41) is 16.2. The number of hydrogen-bond donors (Lipinski definition) is 2. The van der Waals surface area contributed by atoms with Crippen LogP contribution < -0.4 is 10.2 Å². The molecule has 0 atom stereocenters. The maximum Gasteiger partial charge on any atom is 0.271 e. The fraction of sp³-hybridized carbons (Fsp3) is 0. The van der Waals surface area contributed by atoms with E-state index in [0.29, 0.717) is 16.9 Å². The molecule has 4 aromatic carbocycles. The number of oxime groups is 1. The van der Waals surface area contributed by atoms with Gasteiger partial charge in [0.05, 0.1) is 6.21 Å². The Labute approximate surface area is 191 Å². The van der Waals surface area contributed by atoms with Crippen molar-refractivity contribution < 1.29 is 14.7 Å². The molecule has 33 heavy (non-hydrogen) atoms. The van der Waals surface area contributed by atoms with Gasteiger partial charge in [0.2, 0.25) is 0 Å². The van der Waals surface area contributed by atoms with Crippen LogP contribution in [0.25, 0.3) is 11.1 Å². The van der Waals surface area contributed by atoms with E-state index in [2.05, 4.69) is 15.7 Å². The van der Waals surface area contributed by atoms with E-state index in [0.717, 1.165) is 23.1 Å². The fourth-order valence-electron chi connectivity index (χ4n) is 3.16. The number of amides is 1.